The van der Waals surface area contributed by atoms with Crippen LogP contribution in [0.5, 0.6) is 0 Å². The quantitative estimate of drug-likeness (QED) is 0.615. The Kier molecular flexibility index (Phi) is 5.25. The van der Waals surface area contributed by atoms with Gasteiger partial charge in [0.1, 0.15) is 0 Å². The Hall–Kier alpha value is -2.60. The number of hydrogen-bond donors (Lipinski definition) is 0. The van der Waals surface area contributed by atoms with Crippen LogP contribution >= 0.6 is 11.8 Å². The molecule has 1 saturated heterocycles. The Morgan fingerprint density at radius 1 is 1.07 bits per heavy atom. The molecular formula is C21H21N3O2S. The normalized spacial score (nSPS) is 14.2. The molecule has 0 radical (unpaired) electrons. The van der Waals surface area contributed by atoms with Crippen molar-refractivity contribution in [1.29, 1.82) is 0 Å². The number of amides is 2. The number of imide groups is 1. The summed E-state index contributed by atoms with van der Waals surface area (Å²) in [6.45, 7) is 1.34. The zero-order valence-electron chi connectivity index (χ0n) is 15.0. The molecule has 4 rings (SSSR count). The number of benzene rings is 2. The van der Waals surface area contributed by atoms with Crippen LogP contribution in [0.1, 0.15) is 18.4 Å². The van der Waals surface area contributed by atoms with Crippen molar-refractivity contribution in [2.75, 3.05) is 12.3 Å². The highest BCUT2D eigenvalue weighted by atomic mass is 32.2. The molecule has 2 amide bonds. The first-order valence-corrected chi connectivity index (χ1v) is 10.2. The molecule has 138 valence electrons. The number of hydrogen-bond acceptors (Lipinski definition) is 4. The number of imidazole rings is 1. The molecule has 27 heavy (non-hydrogen) atoms. The average molecular weight is 379 g/mol. The van der Waals surface area contributed by atoms with Gasteiger partial charge in [-0.05, 0) is 30.5 Å². The van der Waals surface area contributed by atoms with Gasteiger partial charge in [-0.1, -0.05) is 54.2 Å². The number of rotatable bonds is 6. The standard InChI is InChI=1S/C21H21N3O2S/c25-19-11-6-13-24(19)20(26)15-27-21-22-17-9-4-5-10-18(17)23(21)14-12-16-7-2-1-3-8-16/h1-5,7-10H,6,11-15H2. The maximum atomic E-state index is 12.4. The molecule has 6 heteroatoms. The summed E-state index contributed by atoms with van der Waals surface area (Å²) >= 11 is 1.41. The van der Waals surface area contributed by atoms with Crippen LogP contribution in [0, 0.1) is 0 Å². The van der Waals surface area contributed by atoms with Gasteiger partial charge in [-0.15, -0.1) is 0 Å². The third kappa shape index (κ3) is 3.90. The van der Waals surface area contributed by atoms with Crippen LogP contribution in [0.15, 0.2) is 59.8 Å². The summed E-state index contributed by atoms with van der Waals surface area (Å²) < 4.78 is 2.17. The minimum Gasteiger partial charge on any atom is -0.319 e. The molecule has 5 nitrogen and oxygen atoms in total. The highest BCUT2D eigenvalue weighted by molar-refractivity contribution is 7.99. The lowest BCUT2D eigenvalue weighted by Crippen LogP contribution is -2.33. The molecule has 0 saturated carbocycles. The predicted molar refractivity (Wildman–Crippen MR) is 107 cm³/mol. The van der Waals surface area contributed by atoms with Crippen LogP contribution in [0.3, 0.4) is 0 Å². The molecule has 0 spiro atoms. The van der Waals surface area contributed by atoms with Gasteiger partial charge >= 0.3 is 0 Å². The molecule has 2 heterocycles. The molecule has 1 fully saturated rings. The summed E-state index contributed by atoms with van der Waals surface area (Å²) in [7, 11) is 0. The van der Waals surface area contributed by atoms with E-state index in [-0.39, 0.29) is 17.6 Å². The fourth-order valence-corrected chi connectivity index (χ4v) is 4.30. The van der Waals surface area contributed by atoms with E-state index in [0.717, 1.165) is 35.6 Å². The van der Waals surface area contributed by atoms with Gasteiger partial charge in [0, 0.05) is 19.5 Å². The summed E-state index contributed by atoms with van der Waals surface area (Å²) in [4.78, 5) is 30.2. The number of carbonyl (C=O) groups is 2. The van der Waals surface area contributed by atoms with E-state index in [0.29, 0.717) is 13.0 Å². The number of para-hydroxylation sites is 2. The summed E-state index contributed by atoms with van der Waals surface area (Å²) in [5.41, 5.74) is 3.27. The van der Waals surface area contributed by atoms with Crippen molar-refractivity contribution in [3.8, 4) is 0 Å². The average Bonchev–Trinajstić information content (AvgIpc) is 3.28. The number of nitrogens with zero attached hydrogens (tertiary/aromatic N) is 3. The monoisotopic (exact) mass is 379 g/mol. The first-order valence-electron chi connectivity index (χ1n) is 9.17. The van der Waals surface area contributed by atoms with Gasteiger partial charge in [0.15, 0.2) is 5.16 Å². The predicted octanol–water partition coefficient (Wildman–Crippen LogP) is 3.52. The van der Waals surface area contributed by atoms with Crippen LogP contribution < -0.4 is 0 Å². The van der Waals surface area contributed by atoms with Crippen molar-refractivity contribution in [1.82, 2.24) is 14.5 Å². The van der Waals surface area contributed by atoms with Crippen molar-refractivity contribution < 1.29 is 9.59 Å². The summed E-state index contributed by atoms with van der Waals surface area (Å²) in [5.74, 6) is 0.0581. The molecule has 0 aliphatic carbocycles. The molecule has 1 aliphatic heterocycles. The Labute approximate surface area is 162 Å². The van der Waals surface area contributed by atoms with Gasteiger partial charge < -0.3 is 4.57 Å². The zero-order valence-corrected chi connectivity index (χ0v) is 15.8. The van der Waals surface area contributed by atoms with Gasteiger partial charge in [-0.25, -0.2) is 4.98 Å². The van der Waals surface area contributed by atoms with Crippen LogP contribution in [0.4, 0.5) is 0 Å². The van der Waals surface area contributed by atoms with E-state index in [1.54, 1.807) is 0 Å². The molecule has 0 atom stereocenters. The Morgan fingerprint density at radius 2 is 1.85 bits per heavy atom. The molecule has 3 aromatic rings. The fraction of sp³-hybridized carbons (Fsp3) is 0.286. The molecule has 0 unspecified atom stereocenters. The number of aryl methyl sites for hydroxylation is 2. The first-order chi connectivity index (χ1) is 13.2. The van der Waals surface area contributed by atoms with Crippen molar-refractivity contribution in [3.63, 3.8) is 0 Å². The van der Waals surface area contributed by atoms with E-state index in [1.807, 2.05) is 36.4 Å². The van der Waals surface area contributed by atoms with Gasteiger partial charge in [0.05, 0.1) is 16.8 Å². The SMILES string of the molecule is O=C1CCCN1C(=O)CSc1nc2ccccc2n1CCc1ccccc1. The lowest BCUT2D eigenvalue weighted by Gasteiger charge is -2.13. The molecular weight excluding hydrogens is 358 g/mol. The van der Waals surface area contributed by atoms with Crippen molar-refractivity contribution in [2.45, 2.75) is 31.0 Å². The zero-order chi connectivity index (χ0) is 18.6. The molecule has 1 aromatic heterocycles. The summed E-state index contributed by atoms with van der Waals surface area (Å²) in [5, 5.41) is 0.826. The number of carbonyl (C=O) groups excluding carboxylic acids is 2. The molecule has 0 N–H and O–H groups in total. The van der Waals surface area contributed by atoms with Gasteiger partial charge in [0.25, 0.3) is 0 Å². The fourth-order valence-electron chi connectivity index (χ4n) is 3.38. The Balaban J connectivity index is 1.52. The number of likely N-dealkylation sites (tertiary alicyclic amines) is 1. The highest BCUT2D eigenvalue weighted by Gasteiger charge is 2.26. The maximum absolute atomic E-state index is 12.4. The van der Waals surface area contributed by atoms with E-state index >= 15 is 0 Å². The second kappa shape index (κ2) is 7.96. The largest absolute Gasteiger partial charge is 0.319 e. The summed E-state index contributed by atoms with van der Waals surface area (Å²) in [6.07, 6.45) is 2.14. The lowest BCUT2D eigenvalue weighted by molar-refractivity contribution is -0.140. The van der Waals surface area contributed by atoms with E-state index in [4.69, 9.17) is 4.98 Å². The van der Waals surface area contributed by atoms with Crippen molar-refractivity contribution in [2.24, 2.45) is 0 Å². The number of aromatic nitrogens is 2. The number of thioether (sulfide) groups is 1. The van der Waals surface area contributed by atoms with Crippen LogP contribution in [-0.2, 0) is 22.6 Å². The van der Waals surface area contributed by atoms with Crippen molar-refractivity contribution in [3.05, 3.63) is 60.2 Å². The van der Waals surface area contributed by atoms with Gasteiger partial charge in [-0.2, -0.15) is 0 Å². The minimum atomic E-state index is -0.121. The Morgan fingerprint density at radius 3 is 2.63 bits per heavy atom. The van der Waals surface area contributed by atoms with E-state index in [1.165, 1.54) is 22.2 Å². The van der Waals surface area contributed by atoms with E-state index in [9.17, 15) is 9.59 Å². The van der Waals surface area contributed by atoms with Crippen LogP contribution in [0.2, 0.25) is 0 Å². The van der Waals surface area contributed by atoms with Crippen LogP contribution in [-0.4, -0.2) is 38.6 Å². The number of fused-ring (bicyclic) bond motifs is 1. The van der Waals surface area contributed by atoms with Gasteiger partial charge in [0.2, 0.25) is 11.8 Å². The highest BCUT2D eigenvalue weighted by Crippen LogP contribution is 2.25. The maximum Gasteiger partial charge on any atom is 0.239 e. The van der Waals surface area contributed by atoms with E-state index in [2.05, 4.69) is 22.8 Å². The molecule has 1 aliphatic rings. The molecule has 0 bridgehead atoms. The van der Waals surface area contributed by atoms with Gasteiger partial charge in [-0.3, -0.25) is 14.5 Å². The Bertz CT molecular complexity index is 968. The summed E-state index contributed by atoms with van der Waals surface area (Å²) in [6, 6.07) is 18.4. The smallest absolute Gasteiger partial charge is 0.239 e. The topological polar surface area (TPSA) is 55.2 Å². The third-order valence-corrected chi connectivity index (χ3v) is 5.75. The van der Waals surface area contributed by atoms with E-state index < -0.39 is 0 Å². The second-order valence-corrected chi connectivity index (χ2v) is 7.54. The molecule has 2 aromatic carbocycles. The minimum absolute atomic E-state index is 0.0572. The third-order valence-electron chi connectivity index (χ3n) is 4.79. The second-order valence-electron chi connectivity index (χ2n) is 6.60. The lowest BCUT2D eigenvalue weighted by atomic mass is 10.1. The van der Waals surface area contributed by atoms with Crippen molar-refractivity contribution >= 4 is 34.6 Å². The van der Waals surface area contributed by atoms with Crippen LogP contribution in [0.25, 0.3) is 11.0 Å². The first kappa shape index (κ1) is 17.8.